The molecule has 6 nitrogen and oxygen atoms in total. The lowest BCUT2D eigenvalue weighted by atomic mass is 10.1. The van der Waals surface area contributed by atoms with Gasteiger partial charge < -0.3 is 19.7 Å². The van der Waals surface area contributed by atoms with E-state index in [1.807, 2.05) is 48.5 Å². The minimum absolute atomic E-state index is 0.0684. The van der Waals surface area contributed by atoms with Crippen LogP contribution in [0.2, 0.25) is 0 Å². The van der Waals surface area contributed by atoms with E-state index in [0.29, 0.717) is 18.4 Å². The van der Waals surface area contributed by atoms with Crippen molar-refractivity contribution < 1.29 is 19.1 Å². The zero-order valence-corrected chi connectivity index (χ0v) is 19.1. The van der Waals surface area contributed by atoms with E-state index in [0.717, 1.165) is 55.4 Å². The van der Waals surface area contributed by atoms with Gasteiger partial charge in [0.25, 0.3) is 5.91 Å². The van der Waals surface area contributed by atoms with Gasteiger partial charge in [0.05, 0.1) is 12.7 Å². The van der Waals surface area contributed by atoms with E-state index >= 15 is 0 Å². The summed E-state index contributed by atoms with van der Waals surface area (Å²) in [6.45, 7) is 5.25. The number of nitrogens with zero attached hydrogens (tertiary/aromatic N) is 1. The smallest absolute Gasteiger partial charge is 0.305 e. The van der Waals surface area contributed by atoms with E-state index in [1.54, 1.807) is 0 Å². The van der Waals surface area contributed by atoms with Gasteiger partial charge in [-0.25, -0.2) is 0 Å². The average molecular weight is 439 g/mol. The van der Waals surface area contributed by atoms with Crippen LogP contribution in [0.5, 0.6) is 5.75 Å². The van der Waals surface area contributed by atoms with Crippen LogP contribution in [0.25, 0.3) is 10.8 Å². The van der Waals surface area contributed by atoms with Crippen molar-refractivity contribution in [1.29, 1.82) is 0 Å². The lowest BCUT2D eigenvalue weighted by Crippen LogP contribution is -2.38. The van der Waals surface area contributed by atoms with Gasteiger partial charge in [-0.1, -0.05) is 49.4 Å². The Morgan fingerprint density at radius 2 is 1.97 bits per heavy atom. The second-order valence-electron chi connectivity index (χ2n) is 8.17. The van der Waals surface area contributed by atoms with Crippen molar-refractivity contribution in [3.8, 4) is 5.75 Å². The van der Waals surface area contributed by atoms with Gasteiger partial charge in [-0.15, -0.1) is 0 Å². The number of hydrogen-bond donors (Lipinski definition) is 1. The number of hydrogen-bond acceptors (Lipinski definition) is 5. The SMILES string of the molecule is CCN1CCC(NC(=O)C(=CCCCCC(=O)OC)COc2cccc3ccccc23)C1. The molecule has 0 saturated carbocycles. The van der Waals surface area contributed by atoms with Crippen LogP contribution in [-0.2, 0) is 14.3 Å². The minimum atomic E-state index is -0.201. The summed E-state index contributed by atoms with van der Waals surface area (Å²) in [4.78, 5) is 26.7. The molecule has 0 radical (unpaired) electrons. The van der Waals surface area contributed by atoms with Gasteiger partial charge in [0.1, 0.15) is 12.4 Å². The van der Waals surface area contributed by atoms with Crippen LogP contribution in [0.1, 0.15) is 39.0 Å². The second-order valence-corrected chi connectivity index (χ2v) is 8.17. The third-order valence-corrected chi connectivity index (χ3v) is 5.93. The first kappa shape index (κ1) is 23.8. The molecule has 32 heavy (non-hydrogen) atoms. The number of carbonyl (C=O) groups is 2. The van der Waals surface area contributed by atoms with Crippen molar-refractivity contribution in [2.75, 3.05) is 33.4 Å². The zero-order chi connectivity index (χ0) is 22.8. The van der Waals surface area contributed by atoms with Crippen molar-refractivity contribution in [1.82, 2.24) is 10.2 Å². The van der Waals surface area contributed by atoms with Crippen LogP contribution in [0.3, 0.4) is 0 Å². The summed E-state index contributed by atoms with van der Waals surface area (Å²) in [6, 6.07) is 14.2. The molecular formula is C26H34N2O4. The molecule has 1 fully saturated rings. The number of rotatable bonds is 11. The summed E-state index contributed by atoms with van der Waals surface area (Å²) in [7, 11) is 1.40. The number of fused-ring (bicyclic) bond motifs is 1. The molecule has 0 aromatic heterocycles. The number of likely N-dealkylation sites (tertiary alicyclic amines) is 1. The van der Waals surface area contributed by atoms with E-state index in [9.17, 15) is 9.59 Å². The maximum Gasteiger partial charge on any atom is 0.305 e. The summed E-state index contributed by atoms with van der Waals surface area (Å²) in [5, 5.41) is 5.32. The Hall–Kier alpha value is -2.86. The first-order chi connectivity index (χ1) is 15.6. The molecule has 6 heteroatoms. The Morgan fingerprint density at radius 3 is 2.75 bits per heavy atom. The number of benzene rings is 2. The predicted octanol–water partition coefficient (Wildman–Crippen LogP) is 4.09. The summed E-state index contributed by atoms with van der Waals surface area (Å²) in [5.74, 6) is 0.500. The predicted molar refractivity (Wildman–Crippen MR) is 127 cm³/mol. The fourth-order valence-electron chi connectivity index (χ4n) is 4.00. The van der Waals surface area contributed by atoms with Crippen LogP contribution < -0.4 is 10.1 Å². The zero-order valence-electron chi connectivity index (χ0n) is 19.1. The molecule has 0 aliphatic carbocycles. The van der Waals surface area contributed by atoms with Gasteiger partial charge in [-0.05, 0) is 43.7 Å². The van der Waals surface area contributed by atoms with Crippen molar-refractivity contribution in [3.63, 3.8) is 0 Å². The lowest BCUT2D eigenvalue weighted by Gasteiger charge is -2.17. The Bertz CT molecular complexity index is 935. The lowest BCUT2D eigenvalue weighted by molar-refractivity contribution is -0.140. The molecule has 3 rings (SSSR count). The van der Waals surface area contributed by atoms with Crippen LogP contribution >= 0.6 is 0 Å². The number of ether oxygens (including phenoxy) is 2. The van der Waals surface area contributed by atoms with Gasteiger partial charge in [0.15, 0.2) is 0 Å². The number of nitrogens with one attached hydrogen (secondary N) is 1. The Labute approximate surface area is 190 Å². The monoisotopic (exact) mass is 438 g/mol. The Kier molecular flexibility index (Phi) is 9.11. The highest BCUT2D eigenvalue weighted by molar-refractivity contribution is 5.94. The maximum atomic E-state index is 13.0. The minimum Gasteiger partial charge on any atom is -0.488 e. The van der Waals surface area contributed by atoms with Gasteiger partial charge in [-0.2, -0.15) is 0 Å². The molecule has 0 bridgehead atoms. The van der Waals surface area contributed by atoms with Gasteiger partial charge in [0.2, 0.25) is 0 Å². The number of esters is 1. The van der Waals surface area contributed by atoms with E-state index in [1.165, 1.54) is 7.11 Å². The molecule has 2 aromatic carbocycles. The van der Waals surface area contributed by atoms with Crippen LogP contribution in [0.15, 0.2) is 54.1 Å². The van der Waals surface area contributed by atoms with Crippen molar-refractivity contribution in [3.05, 3.63) is 54.1 Å². The number of methoxy groups -OCH3 is 1. The number of carbonyl (C=O) groups excluding carboxylic acids is 2. The van der Waals surface area contributed by atoms with E-state index in [4.69, 9.17) is 4.74 Å². The molecule has 2 aromatic rings. The Balaban J connectivity index is 1.64. The number of allylic oxidation sites excluding steroid dienone is 1. The van der Waals surface area contributed by atoms with Gasteiger partial charge in [0, 0.05) is 30.9 Å². The van der Waals surface area contributed by atoms with Gasteiger partial charge >= 0.3 is 5.97 Å². The standard InChI is InChI=1S/C26H34N2O4/c1-3-28-17-16-22(18-28)27-26(30)21(11-5-4-6-15-25(29)31-2)19-32-24-14-9-12-20-10-7-8-13-23(20)24/h7-14,22H,3-6,15-19H2,1-2H3,(H,27,30). The molecule has 1 saturated heterocycles. The quantitative estimate of drug-likeness (QED) is 0.325. The maximum absolute atomic E-state index is 13.0. The fraction of sp³-hybridized carbons (Fsp3) is 0.462. The van der Waals surface area contributed by atoms with E-state index in [2.05, 4.69) is 21.9 Å². The molecule has 1 heterocycles. The number of unbranched alkanes of at least 4 members (excludes halogenated alkanes) is 2. The first-order valence-electron chi connectivity index (χ1n) is 11.5. The van der Waals surface area contributed by atoms with Crippen molar-refractivity contribution >= 4 is 22.6 Å². The van der Waals surface area contributed by atoms with Gasteiger partial charge in [-0.3, -0.25) is 9.59 Å². The first-order valence-corrected chi connectivity index (χ1v) is 11.5. The molecule has 1 atom stereocenters. The van der Waals surface area contributed by atoms with E-state index < -0.39 is 0 Å². The molecule has 0 spiro atoms. The van der Waals surface area contributed by atoms with Crippen molar-refractivity contribution in [2.45, 2.75) is 45.1 Å². The third-order valence-electron chi connectivity index (χ3n) is 5.93. The number of amides is 1. The molecule has 1 amide bonds. The third kappa shape index (κ3) is 6.82. The molecule has 1 aliphatic heterocycles. The fourth-order valence-corrected chi connectivity index (χ4v) is 4.00. The summed E-state index contributed by atoms with van der Waals surface area (Å²) in [5.41, 5.74) is 0.631. The largest absolute Gasteiger partial charge is 0.488 e. The summed E-state index contributed by atoms with van der Waals surface area (Å²) >= 11 is 0. The highest BCUT2D eigenvalue weighted by Gasteiger charge is 2.24. The van der Waals surface area contributed by atoms with E-state index in [-0.39, 0.29) is 24.5 Å². The van der Waals surface area contributed by atoms with Crippen LogP contribution in [-0.4, -0.2) is 56.2 Å². The van der Waals surface area contributed by atoms with Crippen molar-refractivity contribution in [2.24, 2.45) is 0 Å². The summed E-state index contributed by atoms with van der Waals surface area (Å²) in [6.07, 6.45) is 5.57. The highest BCUT2D eigenvalue weighted by atomic mass is 16.5. The normalized spacial score (nSPS) is 16.8. The van der Waals surface area contributed by atoms with Crippen LogP contribution in [0.4, 0.5) is 0 Å². The molecule has 172 valence electrons. The topological polar surface area (TPSA) is 67.9 Å². The average Bonchev–Trinajstić information content (AvgIpc) is 3.28. The highest BCUT2D eigenvalue weighted by Crippen LogP contribution is 2.25. The molecule has 1 unspecified atom stereocenters. The van der Waals surface area contributed by atoms with Crippen LogP contribution in [0, 0.1) is 0 Å². The second kappa shape index (κ2) is 12.2. The molecule has 1 N–H and O–H groups in total. The number of likely N-dealkylation sites (N-methyl/N-ethyl adjacent to an activating group) is 1. The molecular weight excluding hydrogens is 404 g/mol. The Morgan fingerprint density at radius 1 is 1.16 bits per heavy atom. The molecule has 1 aliphatic rings. The summed E-state index contributed by atoms with van der Waals surface area (Å²) < 4.78 is 10.8.